The van der Waals surface area contributed by atoms with Crippen LogP contribution in [0.25, 0.3) is 0 Å². The molecule has 0 atom stereocenters. The van der Waals surface area contributed by atoms with Crippen LogP contribution in [0.2, 0.25) is 0 Å². The highest BCUT2D eigenvalue weighted by Crippen LogP contribution is 2.11. The number of nitrogens with zero attached hydrogens (tertiary/aromatic N) is 1. The first kappa shape index (κ1) is 10.6. The van der Waals surface area contributed by atoms with Crippen LogP contribution in [0.3, 0.4) is 0 Å². The number of carbonyl (C=O) groups excluding carboxylic acids is 2. The maximum absolute atomic E-state index is 11.4. The molecule has 1 amide bonds. The third-order valence-corrected chi connectivity index (χ3v) is 3.02. The minimum absolute atomic E-state index is 0.157. The molecule has 0 radical (unpaired) electrons. The van der Waals surface area contributed by atoms with Gasteiger partial charge in [-0.05, 0) is 6.92 Å². The van der Waals surface area contributed by atoms with E-state index in [1.54, 1.807) is 11.8 Å². The fourth-order valence-corrected chi connectivity index (χ4v) is 2.12. The van der Waals surface area contributed by atoms with Crippen molar-refractivity contribution in [2.45, 2.75) is 19.8 Å². The van der Waals surface area contributed by atoms with Crippen LogP contribution in [-0.2, 0) is 9.59 Å². The average Bonchev–Trinajstić information content (AvgIpc) is 2.27. The fraction of sp³-hybridized carbons (Fsp3) is 0.778. The molecule has 0 N–H and O–H groups in total. The number of thioether (sulfide) groups is 1. The smallest absolute Gasteiger partial charge is 0.223 e. The van der Waals surface area contributed by atoms with Gasteiger partial charge in [0.1, 0.15) is 5.78 Å². The Morgan fingerprint density at radius 3 is 3.00 bits per heavy atom. The van der Waals surface area contributed by atoms with Crippen LogP contribution in [0.4, 0.5) is 0 Å². The van der Waals surface area contributed by atoms with E-state index in [1.807, 2.05) is 11.8 Å². The number of ketones is 1. The van der Waals surface area contributed by atoms with Gasteiger partial charge in [-0.3, -0.25) is 9.59 Å². The van der Waals surface area contributed by atoms with Crippen molar-refractivity contribution in [2.75, 3.05) is 24.6 Å². The second-order valence-electron chi connectivity index (χ2n) is 3.20. The topological polar surface area (TPSA) is 37.4 Å². The molecule has 1 saturated heterocycles. The number of rotatable bonds is 3. The second kappa shape index (κ2) is 5.27. The Bertz CT molecular complexity index is 206. The molecule has 1 aliphatic heterocycles. The van der Waals surface area contributed by atoms with Crippen molar-refractivity contribution in [2.24, 2.45) is 0 Å². The maximum atomic E-state index is 11.4. The first-order valence-electron chi connectivity index (χ1n) is 4.55. The third-order valence-electron chi connectivity index (χ3n) is 2.05. The predicted octanol–water partition coefficient (Wildman–Crippen LogP) is 0.931. The van der Waals surface area contributed by atoms with Crippen LogP contribution in [0.15, 0.2) is 0 Å². The number of carbonyl (C=O) groups is 2. The van der Waals surface area contributed by atoms with E-state index in [9.17, 15) is 9.59 Å². The summed E-state index contributed by atoms with van der Waals surface area (Å²) in [6.45, 7) is 2.97. The van der Waals surface area contributed by atoms with Gasteiger partial charge in [-0.25, -0.2) is 0 Å². The molecule has 1 aliphatic rings. The lowest BCUT2D eigenvalue weighted by molar-refractivity contribution is -0.130. The minimum atomic E-state index is 0.157. The summed E-state index contributed by atoms with van der Waals surface area (Å²) in [5.41, 5.74) is 0. The van der Waals surface area contributed by atoms with E-state index >= 15 is 0 Å². The quantitative estimate of drug-likeness (QED) is 0.681. The van der Waals surface area contributed by atoms with Crippen molar-refractivity contribution in [1.82, 2.24) is 4.90 Å². The lowest BCUT2D eigenvalue weighted by Crippen LogP contribution is -2.33. The van der Waals surface area contributed by atoms with E-state index in [4.69, 9.17) is 0 Å². The SMILES string of the molecule is CC(=O)CCN1CCSCCC1=O. The van der Waals surface area contributed by atoms with Crippen molar-refractivity contribution >= 4 is 23.5 Å². The summed E-state index contributed by atoms with van der Waals surface area (Å²) in [4.78, 5) is 24.0. The van der Waals surface area contributed by atoms with Crippen LogP contribution in [0.5, 0.6) is 0 Å². The first-order chi connectivity index (χ1) is 6.20. The zero-order chi connectivity index (χ0) is 9.68. The number of hydrogen-bond donors (Lipinski definition) is 0. The van der Waals surface area contributed by atoms with Crippen molar-refractivity contribution in [3.63, 3.8) is 0 Å². The summed E-state index contributed by atoms with van der Waals surface area (Å²) in [6, 6.07) is 0. The normalized spacial score (nSPS) is 18.5. The van der Waals surface area contributed by atoms with Gasteiger partial charge in [-0.2, -0.15) is 11.8 Å². The van der Waals surface area contributed by atoms with E-state index in [1.165, 1.54) is 0 Å². The molecule has 0 bridgehead atoms. The molecule has 1 heterocycles. The second-order valence-corrected chi connectivity index (χ2v) is 4.42. The Morgan fingerprint density at radius 2 is 2.31 bits per heavy atom. The average molecular weight is 201 g/mol. The summed E-state index contributed by atoms with van der Waals surface area (Å²) in [6.07, 6.45) is 1.12. The molecule has 0 aromatic carbocycles. The summed E-state index contributed by atoms with van der Waals surface area (Å²) >= 11 is 1.81. The molecule has 0 aliphatic carbocycles. The largest absolute Gasteiger partial charge is 0.341 e. The zero-order valence-corrected chi connectivity index (χ0v) is 8.73. The van der Waals surface area contributed by atoms with Gasteiger partial charge in [0.25, 0.3) is 0 Å². The molecule has 13 heavy (non-hydrogen) atoms. The Labute approximate surface area is 82.9 Å². The third kappa shape index (κ3) is 3.81. The van der Waals surface area contributed by atoms with E-state index < -0.39 is 0 Å². The molecular formula is C9H15NO2S. The molecule has 1 fully saturated rings. The lowest BCUT2D eigenvalue weighted by Gasteiger charge is -2.18. The molecule has 1 rings (SSSR count). The summed E-state index contributed by atoms with van der Waals surface area (Å²) in [5.74, 6) is 2.29. The monoisotopic (exact) mass is 201 g/mol. The molecule has 4 heteroatoms. The van der Waals surface area contributed by atoms with Gasteiger partial charge in [-0.15, -0.1) is 0 Å². The summed E-state index contributed by atoms with van der Waals surface area (Å²) in [5, 5.41) is 0. The van der Waals surface area contributed by atoms with Crippen LogP contribution < -0.4 is 0 Å². The van der Waals surface area contributed by atoms with E-state index in [0.717, 1.165) is 18.1 Å². The highest BCUT2D eigenvalue weighted by molar-refractivity contribution is 7.99. The Balaban J connectivity index is 2.36. The Hall–Kier alpha value is -0.510. The molecule has 74 valence electrons. The molecule has 0 aromatic heterocycles. The van der Waals surface area contributed by atoms with Crippen LogP contribution in [0, 0.1) is 0 Å². The van der Waals surface area contributed by atoms with Crippen LogP contribution >= 0.6 is 11.8 Å². The molecule has 0 saturated carbocycles. The van der Waals surface area contributed by atoms with Gasteiger partial charge in [0, 0.05) is 37.4 Å². The standard InChI is InChI=1S/C9H15NO2S/c1-8(11)2-4-10-5-7-13-6-3-9(10)12/h2-7H2,1H3. The van der Waals surface area contributed by atoms with Gasteiger partial charge in [-0.1, -0.05) is 0 Å². The van der Waals surface area contributed by atoms with Crippen molar-refractivity contribution in [3.8, 4) is 0 Å². The van der Waals surface area contributed by atoms with Crippen LogP contribution in [0.1, 0.15) is 19.8 Å². The lowest BCUT2D eigenvalue weighted by atomic mass is 10.3. The molecule has 0 unspecified atom stereocenters. The first-order valence-corrected chi connectivity index (χ1v) is 5.70. The predicted molar refractivity (Wildman–Crippen MR) is 53.8 cm³/mol. The summed E-state index contributed by atoms with van der Waals surface area (Å²) < 4.78 is 0. The molecule has 0 aromatic rings. The zero-order valence-electron chi connectivity index (χ0n) is 7.91. The maximum Gasteiger partial charge on any atom is 0.223 e. The minimum Gasteiger partial charge on any atom is -0.341 e. The van der Waals surface area contributed by atoms with Crippen molar-refractivity contribution < 1.29 is 9.59 Å². The van der Waals surface area contributed by atoms with Crippen molar-refractivity contribution in [1.29, 1.82) is 0 Å². The van der Waals surface area contributed by atoms with Gasteiger partial charge in [0.2, 0.25) is 5.91 Å². The molecule has 0 spiro atoms. The Morgan fingerprint density at radius 1 is 1.54 bits per heavy atom. The van der Waals surface area contributed by atoms with Crippen LogP contribution in [-0.4, -0.2) is 41.2 Å². The van der Waals surface area contributed by atoms with Gasteiger partial charge < -0.3 is 4.90 Å². The van der Waals surface area contributed by atoms with E-state index in [-0.39, 0.29) is 11.7 Å². The number of Topliss-reactive ketones (excluding diaryl/α,β-unsaturated/α-hetero) is 1. The molecular weight excluding hydrogens is 186 g/mol. The van der Waals surface area contributed by atoms with E-state index in [0.29, 0.717) is 19.4 Å². The number of hydrogen-bond acceptors (Lipinski definition) is 3. The van der Waals surface area contributed by atoms with Gasteiger partial charge >= 0.3 is 0 Å². The van der Waals surface area contributed by atoms with Gasteiger partial charge in [0.15, 0.2) is 0 Å². The van der Waals surface area contributed by atoms with Gasteiger partial charge in [0.05, 0.1) is 0 Å². The summed E-state index contributed by atoms with van der Waals surface area (Å²) in [7, 11) is 0. The van der Waals surface area contributed by atoms with E-state index in [2.05, 4.69) is 0 Å². The highest BCUT2D eigenvalue weighted by Gasteiger charge is 2.16. The fourth-order valence-electron chi connectivity index (χ4n) is 1.25. The molecule has 3 nitrogen and oxygen atoms in total. The van der Waals surface area contributed by atoms with Crippen molar-refractivity contribution in [3.05, 3.63) is 0 Å². The highest BCUT2D eigenvalue weighted by atomic mass is 32.2. The Kier molecular flexibility index (Phi) is 4.28. The number of amides is 1.